The molecule has 4 heteroatoms. The molecule has 0 heterocycles. The van der Waals surface area contributed by atoms with Crippen LogP contribution in [0.2, 0.25) is 0 Å². The van der Waals surface area contributed by atoms with Crippen LogP contribution in [0, 0.1) is 0 Å². The Hall–Kier alpha value is 2.23. The van der Waals surface area contributed by atoms with Crippen LogP contribution in [0.15, 0.2) is 0 Å². The first kappa shape index (κ1) is 34.2. The van der Waals surface area contributed by atoms with Gasteiger partial charge in [0.05, 0.1) is 0 Å². The zero-order valence-electron chi connectivity index (χ0n) is 1.08. The molecule has 0 nitrogen and oxygen atoms in total. The quantitative estimate of drug-likeness (QED) is 0.467. The Morgan fingerprint density at radius 1 is 1.00 bits per heavy atom. The summed E-state index contributed by atoms with van der Waals surface area (Å²) in [7, 11) is 0. The third-order valence-corrected chi connectivity index (χ3v) is 0. The van der Waals surface area contributed by atoms with E-state index in [1.54, 1.807) is 0 Å². The van der Waals surface area contributed by atoms with Gasteiger partial charge in [-0.3, -0.25) is 0 Å². The summed E-state index contributed by atoms with van der Waals surface area (Å²) in [6.07, 6.45) is 0. The first-order valence-corrected chi connectivity index (χ1v) is 0. The molecule has 0 saturated carbocycles. The summed E-state index contributed by atoms with van der Waals surface area (Å²) >= 11 is 0. The first-order chi connectivity index (χ1) is 0. The third-order valence-electron chi connectivity index (χ3n) is 0. The molecule has 0 amide bonds. The third kappa shape index (κ3) is 8.87. The summed E-state index contributed by atoms with van der Waals surface area (Å²) in [5, 5.41) is 0. The minimum absolute atomic E-state index is 0. The molecule has 0 radical (unpaired) electrons. The van der Waals surface area contributed by atoms with Crippen LogP contribution in [-0.2, 0) is 54.6 Å². The Balaban J connectivity index is 0. The van der Waals surface area contributed by atoms with Crippen molar-refractivity contribution >= 4 is 17.4 Å². The summed E-state index contributed by atoms with van der Waals surface area (Å²) in [6, 6.07) is 0. The topological polar surface area (TPSA) is 0 Å². The summed E-state index contributed by atoms with van der Waals surface area (Å²) in [5.41, 5.74) is 0. The van der Waals surface area contributed by atoms with Gasteiger partial charge in [0.2, 0.25) is 0 Å². The molecule has 0 aromatic heterocycles. The summed E-state index contributed by atoms with van der Waals surface area (Å²) < 4.78 is 0. The molecule has 0 N–H and O–H groups in total. The van der Waals surface area contributed by atoms with E-state index in [0.717, 1.165) is 0 Å². The van der Waals surface area contributed by atoms with E-state index in [1.165, 1.54) is 0 Å². The van der Waals surface area contributed by atoms with Crippen molar-refractivity contribution in [1.29, 1.82) is 0 Å². The van der Waals surface area contributed by atoms with E-state index in [1.807, 2.05) is 0 Å². The van der Waals surface area contributed by atoms with Crippen molar-refractivity contribution in [2.45, 2.75) is 0 Å². The van der Waals surface area contributed by atoms with Gasteiger partial charge in [0.15, 0.2) is 17.4 Å². The van der Waals surface area contributed by atoms with Gasteiger partial charge in [0.1, 0.15) is 0 Å². The Labute approximate surface area is 71.3 Å². The van der Waals surface area contributed by atoms with Gasteiger partial charge in [-0.15, -0.1) is 0 Å². The number of hydrogen-bond donors (Lipinski definition) is 0. The van der Waals surface area contributed by atoms with E-state index in [9.17, 15) is 0 Å². The van der Waals surface area contributed by atoms with E-state index in [4.69, 9.17) is 0 Å². The van der Waals surface area contributed by atoms with Gasteiger partial charge < -0.3 is 0 Å². The van der Waals surface area contributed by atoms with Crippen LogP contribution in [0.3, 0.4) is 0 Å². The molecule has 0 aromatic rings. The van der Waals surface area contributed by atoms with Crippen LogP contribution in [0.5, 0.6) is 0 Å². The maximum absolute atomic E-state index is 0. The van der Waals surface area contributed by atoms with Crippen LogP contribution in [0.25, 0.3) is 0 Å². The Bertz CT molecular complexity index is 8.00. The first-order valence-electron chi connectivity index (χ1n) is 0. The normalized spacial score (nSPS) is 0. The molecule has 0 saturated heterocycles. The van der Waals surface area contributed by atoms with Crippen molar-refractivity contribution < 1.29 is 54.6 Å². The van der Waals surface area contributed by atoms with E-state index >= 15 is 0 Å². The van der Waals surface area contributed by atoms with Gasteiger partial charge in [-0.2, -0.15) is 0 Å². The molecule has 0 aliphatic carbocycles. The maximum atomic E-state index is 0. The summed E-state index contributed by atoms with van der Waals surface area (Å²) in [4.78, 5) is 0. The zero-order valence-corrected chi connectivity index (χ0v) is 5.18. The van der Waals surface area contributed by atoms with Crippen LogP contribution >= 0.6 is 0 Å². The predicted molar refractivity (Wildman–Crippen MR) is 9.94 cm³/mol. The van der Waals surface area contributed by atoms with Crippen LogP contribution < -0.4 is 0 Å². The molecule has 0 unspecified atom stereocenters. The van der Waals surface area contributed by atoms with E-state index in [2.05, 4.69) is 0 Å². The molecule has 0 aromatic carbocycles. The fraction of sp³-hybridized carbons (Fsp3) is 0. The predicted octanol–water partition coefficient (Wildman–Crippen LogP) is -1.19. The second-order valence-corrected chi connectivity index (χ2v) is 0. The van der Waals surface area contributed by atoms with E-state index < -0.39 is 0 Å². The van der Waals surface area contributed by atoms with Gasteiger partial charge in [-0.1, -0.05) is 0 Å². The van der Waals surface area contributed by atoms with E-state index in [-0.39, 0.29) is 72.0 Å². The van der Waals surface area contributed by atoms with Gasteiger partial charge >= 0.3 is 0 Å². The number of rotatable bonds is 0. The summed E-state index contributed by atoms with van der Waals surface area (Å²) in [5.74, 6) is 0. The minimum atomic E-state index is 0. The fourth-order valence-corrected chi connectivity index (χ4v) is 0. The van der Waals surface area contributed by atoms with Crippen LogP contribution in [0.1, 0.15) is 0 Å². The van der Waals surface area contributed by atoms with Crippen molar-refractivity contribution in [3.05, 3.63) is 0 Å². The minimum Gasteiger partial charge on any atom is 0 e. The largest absolute Gasteiger partial charge is 0.187 e. The Morgan fingerprint density at radius 2 is 1.00 bits per heavy atom. The molecule has 0 aliphatic rings. The van der Waals surface area contributed by atoms with E-state index in [0.29, 0.717) is 0 Å². The second kappa shape index (κ2) is 18.8. The fourth-order valence-electron chi connectivity index (χ4n) is 0. The summed E-state index contributed by atoms with van der Waals surface area (Å²) in [6.45, 7) is 0. The van der Waals surface area contributed by atoms with Crippen molar-refractivity contribution in [3.8, 4) is 0 Å². The molecule has 0 fully saturated rings. The van der Waals surface area contributed by atoms with Crippen LogP contribution in [0.4, 0.5) is 0 Å². The molecule has 0 aliphatic heterocycles. The smallest absolute Gasteiger partial charge is 0 e. The number of hydrogen-bond acceptors (Lipinski definition) is 0. The van der Waals surface area contributed by atoms with Crippen LogP contribution in [-0.4, -0.2) is 17.4 Å². The molecule has 0 spiro atoms. The molecule has 0 atom stereocenters. The zero-order chi connectivity index (χ0) is 0. The Morgan fingerprint density at radius 3 is 1.00 bits per heavy atom. The SMILES string of the molecule is [AlH3].[Fe].[Mo].[Ni]. The Kier molecular flexibility index (Phi) is 161. The molecule has 0 bridgehead atoms. The molecule has 0 rings (SSSR count). The second-order valence-electron chi connectivity index (χ2n) is 0. The van der Waals surface area contributed by atoms with Gasteiger partial charge in [-0.05, 0) is 0 Å². The van der Waals surface area contributed by atoms with Gasteiger partial charge in [0.25, 0.3) is 0 Å². The van der Waals surface area contributed by atoms with Crippen molar-refractivity contribution in [2.24, 2.45) is 0 Å². The van der Waals surface area contributed by atoms with Crippen molar-refractivity contribution in [1.82, 2.24) is 0 Å². The maximum Gasteiger partial charge on any atom is 0.187 e. The molecule has 4 heavy (non-hydrogen) atoms. The molecular weight excluding hydrogens is 237 g/mol. The van der Waals surface area contributed by atoms with Gasteiger partial charge in [0, 0.05) is 54.6 Å². The monoisotopic (exact) mass is 242 g/mol. The molecular formula is H3AlFeMoNi. The van der Waals surface area contributed by atoms with Crippen molar-refractivity contribution in [3.63, 3.8) is 0 Å². The average molecular weight is 240 g/mol. The standard InChI is InChI=1S/Al.Fe.Mo.Ni.3H. The molecule has 30 valence electrons. The van der Waals surface area contributed by atoms with Gasteiger partial charge in [-0.25, -0.2) is 0 Å². The van der Waals surface area contributed by atoms with Crippen molar-refractivity contribution in [2.75, 3.05) is 0 Å². The average Bonchev–Trinajstić information content (AvgIpc) is 0.